The molecule has 0 amide bonds. The molecule has 0 fully saturated rings. The lowest BCUT2D eigenvalue weighted by Gasteiger charge is -2.21. The molecule has 152 valence electrons. The van der Waals surface area contributed by atoms with E-state index < -0.39 is 5.60 Å². The number of fused-ring (bicyclic) bond motifs is 1. The zero-order chi connectivity index (χ0) is 19.3. The third kappa shape index (κ3) is 5.68. The predicted molar refractivity (Wildman–Crippen MR) is 125 cm³/mol. The van der Waals surface area contributed by atoms with Crippen LogP contribution in [0.1, 0.15) is 25.0 Å². The molecule has 8 heteroatoms. The Labute approximate surface area is 185 Å². The zero-order valence-corrected chi connectivity index (χ0v) is 19.1. The fraction of sp³-hybridized carbons (Fsp3) is 0.350. The van der Waals surface area contributed by atoms with E-state index in [1.54, 1.807) is 30.4 Å². The minimum absolute atomic E-state index is 0. The molecule has 0 radical (unpaired) electrons. The van der Waals surface area contributed by atoms with E-state index in [0.717, 1.165) is 35.0 Å². The zero-order valence-electron chi connectivity index (χ0n) is 16.0. The number of hydrogen-bond donors (Lipinski definition) is 4. The van der Waals surface area contributed by atoms with Gasteiger partial charge in [-0.05, 0) is 66.4 Å². The number of aromatic amines is 1. The van der Waals surface area contributed by atoms with Crippen molar-refractivity contribution in [3.05, 3.63) is 58.2 Å². The Morgan fingerprint density at radius 1 is 1.32 bits per heavy atom. The average Bonchev–Trinajstić information content (AvgIpc) is 3.30. The Bertz CT molecular complexity index is 908. The molecule has 3 rings (SSSR count). The van der Waals surface area contributed by atoms with Gasteiger partial charge in [-0.25, -0.2) is 9.38 Å². The van der Waals surface area contributed by atoms with Crippen LogP contribution < -0.4 is 10.6 Å². The summed E-state index contributed by atoms with van der Waals surface area (Å²) in [5, 5.41) is 21.9. The summed E-state index contributed by atoms with van der Waals surface area (Å²) < 4.78 is 13.5. The number of aliphatic hydroxyl groups is 1. The quantitative estimate of drug-likeness (QED) is 0.218. The van der Waals surface area contributed by atoms with Gasteiger partial charge in [-0.3, -0.25) is 0 Å². The minimum atomic E-state index is -1.00. The first-order valence-electron chi connectivity index (χ1n) is 9.02. The molecule has 0 aliphatic rings. The number of halogens is 2. The van der Waals surface area contributed by atoms with Crippen molar-refractivity contribution in [3.8, 4) is 0 Å². The molecule has 0 aliphatic heterocycles. The van der Waals surface area contributed by atoms with Crippen molar-refractivity contribution in [2.45, 2.75) is 25.9 Å². The van der Waals surface area contributed by atoms with Crippen LogP contribution in [0, 0.1) is 5.82 Å². The molecule has 3 aromatic rings. The van der Waals surface area contributed by atoms with Crippen LogP contribution in [0.3, 0.4) is 0 Å². The van der Waals surface area contributed by atoms with Gasteiger partial charge in [0.1, 0.15) is 11.4 Å². The highest BCUT2D eigenvalue weighted by Crippen LogP contribution is 2.23. The van der Waals surface area contributed by atoms with Crippen molar-refractivity contribution in [1.29, 1.82) is 0 Å². The van der Waals surface area contributed by atoms with Gasteiger partial charge in [0.05, 0.1) is 6.54 Å². The first kappa shape index (κ1) is 22.6. The van der Waals surface area contributed by atoms with Gasteiger partial charge in [0, 0.05) is 30.2 Å². The highest BCUT2D eigenvalue weighted by atomic mass is 127. The summed E-state index contributed by atoms with van der Waals surface area (Å²) in [6.45, 7) is 5.40. The number of thiophene rings is 1. The van der Waals surface area contributed by atoms with Gasteiger partial charge < -0.3 is 20.7 Å². The van der Waals surface area contributed by atoms with Crippen molar-refractivity contribution in [2.75, 3.05) is 19.6 Å². The lowest BCUT2D eigenvalue weighted by atomic mass is 10.00. The molecule has 0 aliphatic carbocycles. The maximum atomic E-state index is 13.5. The molecule has 5 nitrogen and oxygen atoms in total. The van der Waals surface area contributed by atoms with Gasteiger partial charge >= 0.3 is 0 Å². The number of hydrogen-bond acceptors (Lipinski definition) is 3. The van der Waals surface area contributed by atoms with E-state index in [1.165, 1.54) is 6.07 Å². The number of benzene rings is 1. The van der Waals surface area contributed by atoms with Crippen LogP contribution >= 0.6 is 35.3 Å². The number of guanidine groups is 1. The normalized spacial score (nSPS) is 13.8. The first-order chi connectivity index (χ1) is 13.0. The van der Waals surface area contributed by atoms with Crippen molar-refractivity contribution in [3.63, 3.8) is 0 Å². The number of H-pyrrole nitrogens is 1. The Hall–Kier alpha value is -1.65. The third-order valence-electron chi connectivity index (χ3n) is 4.45. The van der Waals surface area contributed by atoms with E-state index in [1.807, 2.05) is 29.9 Å². The Morgan fingerprint density at radius 2 is 2.14 bits per heavy atom. The fourth-order valence-corrected chi connectivity index (χ4v) is 3.69. The molecule has 2 heterocycles. The van der Waals surface area contributed by atoms with Crippen LogP contribution in [0.5, 0.6) is 0 Å². The van der Waals surface area contributed by atoms with Gasteiger partial charge in [-0.1, -0.05) is 0 Å². The van der Waals surface area contributed by atoms with Crippen LogP contribution in [0.15, 0.2) is 46.2 Å². The SMILES string of the molecule is CCNC(=NCC(C)(O)c1ccsc1)NCCc1c[nH]c2ccc(F)cc12.I. The highest BCUT2D eigenvalue weighted by Gasteiger charge is 2.23. The van der Waals surface area contributed by atoms with Gasteiger partial charge in [-0.15, -0.1) is 24.0 Å². The Balaban J connectivity index is 0.00000280. The summed E-state index contributed by atoms with van der Waals surface area (Å²) in [6.07, 6.45) is 2.64. The summed E-state index contributed by atoms with van der Waals surface area (Å²) >= 11 is 1.56. The largest absolute Gasteiger partial charge is 0.383 e. The van der Waals surface area contributed by atoms with E-state index in [9.17, 15) is 9.50 Å². The standard InChI is InChI=1S/C20H25FN4OS.HI/c1-3-22-19(25-13-20(2,26)15-7-9-27-12-15)23-8-6-14-11-24-18-5-4-16(21)10-17(14)18;/h4-5,7,9-12,24,26H,3,6,8,13H2,1-2H3,(H2,22,23,25);1H. The van der Waals surface area contributed by atoms with Crippen LogP contribution in [0.2, 0.25) is 0 Å². The monoisotopic (exact) mass is 516 g/mol. The molecular weight excluding hydrogens is 490 g/mol. The van der Waals surface area contributed by atoms with E-state index in [0.29, 0.717) is 12.5 Å². The molecule has 2 aromatic heterocycles. The predicted octanol–water partition coefficient (Wildman–Crippen LogP) is 3.99. The smallest absolute Gasteiger partial charge is 0.191 e. The molecular formula is C20H26FIN4OS. The highest BCUT2D eigenvalue weighted by molar-refractivity contribution is 14.0. The third-order valence-corrected chi connectivity index (χ3v) is 5.13. The van der Waals surface area contributed by atoms with Crippen molar-refractivity contribution < 1.29 is 9.50 Å². The lowest BCUT2D eigenvalue weighted by Crippen LogP contribution is -2.39. The molecule has 1 unspecified atom stereocenters. The van der Waals surface area contributed by atoms with Gasteiger partial charge in [0.15, 0.2) is 5.96 Å². The summed E-state index contributed by atoms with van der Waals surface area (Å²) in [5.41, 5.74) is 1.85. The number of rotatable bonds is 7. The Morgan fingerprint density at radius 3 is 2.86 bits per heavy atom. The second-order valence-electron chi connectivity index (χ2n) is 6.66. The van der Waals surface area contributed by atoms with E-state index >= 15 is 0 Å². The fourth-order valence-electron chi connectivity index (χ4n) is 2.91. The van der Waals surface area contributed by atoms with Crippen LogP contribution in [0.4, 0.5) is 4.39 Å². The molecule has 0 spiro atoms. The maximum absolute atomic E-state index is 13.5. The maximum Gasteiger partial charge on any atom is 0.191 e. The summed E-state index contributed by atoms with van der Waals surface area (Å²) in [4.78, 5) is 7.68. The molecule has 0 saturated heterocycles. The van der Waals surface area contributed by atoms with Gasteiger partial charge in [0.2, 0.25) is 0 Å². The molecule has 1 atom stereocenters. The van der Waals surface area contributed by atoms with Crippen LogP contribution in [-0.4, -0.2) is 35.7 Å². The summed E-state index contributed by atoms with van der Waals surface area (Å²) in [7, 11) is 0. The molecule has 0 saturated carbocycles. The van der Waals surface area contributed by atoms with E-state index in [-0.39, 0.29) is 36.3 Å². The molecule has 28 heavy (non-hydrogen) atoms. The Kier molecular flexibility index (Phi) is 8.26. The summed E-state index contributed by atoms with van der Waals surface area (Å²) in [6, 6.07) is 6.67. The van der Waals surface area contributed by atoms with E-state index in [4.69, 9.17) is 0 Å². The number of aromatic nitrogens is 1. The van der Waals surface area contributed by atoms with Gasteiger partial charge in [-0.2, -0.15) is 11.3 Å². The average molecular weight is 516 g/mol. The first-order valence-corrected chi connectivity index (χ1v) is 9.96. The topological polar surface area (TPSA) is 72.4 Å². The van der Waals surface area contributed by atoms with Crippen molar-refractivity contribution in [2.24, 2.45) is 4.99 Å². The van der Waals surface area contributed by atoms with Crippen LogP contribution in [-0.2, 0) is 12.0 Å². The summed E-state index contributed by atoms with van der Waals surface area (Å²) in [5.74, 6) is 0.417. The van der Waals surface area contributed by atoms with Crippen molar-refractivity contribution >= 4 is 52.2 Å². The molecule has 0 bridgehead atoms. The second-order valence-corrected chi connectivity index (χ2v) is 7.44. The van der Waals surface area contributed by atoms with Crippen LogP contribution in [0.25, 0.3) is 10.9 Å². The number of nitrogens with zero attached hydrogens (tertiary/aromatic N) is 1. The van der Waals surface area contributed by atoms with Crippen molar-refractivity contribution in [1.82, 2.24) is 15.6 Å². The van der Waals surface area contributed by atoms with E-state index in [2.05, 4.69) is 20.6 Å². The molecule has 4 N–H and O–H groups in total. The number of nitrogens with one attached hydrogen (secondary N) is 3. The number of aliphatic imine (C=N–C) groups is 1. The van der Waals surface area contributed by atoms with Gasteiger partial charge in [0.25, 0.3) is 0 Å². The second kappa shape index (κ2) is 10.2. The lowest BCUT2D eigenvalue weighted by molar-refractivity contribution is 0.0677. The minimum Gasteiger partial charge on any atom is -0.383 e. The molecule has 1 aromatic carbocycles.